The number of rotatable bonds is 10. The molecule has 51 heavy (non-hydrogen) atoms. The maximum Gasteiger partial charge on any atom is 0.416 e. The summed E-state index contributed by atoms with van der Waals surface area (Å²) in [5, 5.41) is 12.5. The van der Waals surface area contributed by atoms with Crippen LogP contribution in [0.5, 0.6) is 0 Å². The van der Waals surface area contributed by atoms with E-state index >= 15 is 0 Å². The van der Waals surface area contributed by atoms with Crippen molar-refractivity contribution in [2.75, 3.05) is 48.7 Å². The molecule has 0 fully saturated rings. The van der Waals surface area contributed by atoms with Gasteiger partial charge in [-0.25, -0.2) is 9.59 Å². The van der Waals surface area contributed by atoms with Crippen molar-refractivity contribution in [2.24, 2.45) is 5.73 Å². The van der Waals surface area contributed by atoms with Crippen molar-refractivity contribution in [2.45, 2.75) is 65.1 Å². The fourth-order valence-electron chi connectivity index (χ4n) is 3.20. The van der Waals surface area contributed by atoms with Gasteiger partial charge < -0.3 is 41.8 Å². The van der Waals surface area contributed by atoms with E-state index in [9.17, 15) is 45.5 Å². The number of benzene rings is 2. The fourth-order valence-corrected chi connectivity index (χ4v) is 3.34. The number of nitrogens with one attached hydrogen (secondary N) is 5. The topological polar surface area (TPSA) is 173 Å². The number of hydrogen-bond acceptors (Lipinski definition) is 8. The quantitative estimate of drug-likeness (QED) is 0.0928. The first-order chi connectivity index (χ1) is 23.4. The molecule has 19 heteroatoms. The van der Waals surface area contributed by atoms with Crippen LogP contribution in [0, 0.1) is 0 Å². The van der Waals surface area contributed by atoms with Crippen LogP contribution in [0.3, 0.4) is 0 Å². The highest BCUT2D eigenvalue weighted by atomic mass is 79.9. The number of hydrogen-bond donors (Lipinski definition) is 6. The number of alkyl carbamates (subject to hydrolysis) is 2. The van der Waals surface area contributed by atoms with Gasteiger partial charge in [-0.15, -0.1) is 0 Å². The first-order valence-electron chi connectivity index (χ1n) is 15.2. The summed E-state index contributed by atoms with van der Waals surface area (Å²) in [4.78, 5) is 44.8. The average Bonchev–Trinajstić information content (AvgIpc) is 2.98. The predicted molar refractivity (Wildman–Crippen MR) is 184 cm³/mol. The molecular weight excluding hydrogens is 758 g/mol. The summed E-state index contributed by atoms with van der Waals surface area (Å²) >= 11 is 2.90. The molecule has 0 aromatic heterocycles. The van der Waals surface area contributed by atoms with E-state index in [4.69, 9.17) is 15.2 Å². The normalized spacial score (nSPS) is 11.4. The van der Waals surface area contributed by atoms with E-state index in [1.165, 1.54) is 24.3 Å². The summed E-state index contributed by atoms with van der Waals surface area (Å²) < 4.78 is 84.5. The van der Waals surface area contributed by atoms with E-state index in [1.807, 2.05) is 20.8 Å². The second-order valence-corrected chi connectivity index (χ2v) is 12.8. The Morgan fingerprint density at radius 3 is 1.45 bits per heavy atom. The van der Waals surface area contributed by atoms with Crippen LogP contribution in [0.2, 0.25) is 0 Å². The van der Waals surface area contributed by atoms with Crippen LogP contribution in [0.15, 0.2) is 48.5 Å². The van der Waals surface area contributed by atoms with Gasteiger partial charge >= 0.3 is 24.5 Å². The lowest BCUT2D eigenvalue weighted by Crippen LogP contribution is -2.38. The number of carbonyl (C=O) groups excluding carboxylic acids is 4. The lowest BCUT2D eigenvalue weighted by Gasteiger charge is -2.19. The minimum absolute atomic E-state index is 0.0449. The number of anilines is 2. The first-order valence-corrected chi connectivity index (χ1v) is 16.3. The molecule has 12 nitrogen and oxygen atoms in total. The second kappa shape index (κ2) is 22.0. The largest absolute Gasteiger partial charge is 0.444 e. The molecule has 7 N–H and O–H groups in total. The van der Waals surface area contributed by atoms with Crippen LogP contribution in [0.25, 0.3) is 0 Å². The van der Waals surface area contributed by atoms with Crippen molar-refractivity contribution in [1.29, 1.82) is 0 Å². The molecule has 2 rings (SSSR count). The number of carbonyl (C=O) groups is 4. The van der Waals surface area contributed by atoms with Crippen LogP contribution < -0.4 is 32.3 Å². The molecule has 2 aromatic rings. The summed E-state index contributed by atoms with van der Waals surface area (Å²) in [5.74, 6) is -0.883. The van der Waals surface area contributed by atoms with E-state index in [-0.39, 0.29) is 29.8 Å². The van der Waals surface area contributed by atoms with Crippen LogP contribution in [-0.2, 0) is 31.4 Å². The SMILES string of the molecule is CC(C)(C)OC(=O)NCCN.CC(C)(C)OC(=O)NCCNCC(=O)Nc1cccc(C(F)(F)F)c1.O=C(CBr)Nc1cccc(C(F)(F)F)c1. The van der Waals surface area contributed by atoms with E-state index in [1.54, 1.807) is 20.8 Å². The minimum Gasteiger partial charge on any atom is -0.444 e. The predicted octanol–water partition coefficient (Wildman–Crippen LogP) is 6.27. The molecule has 0 aliphatic rings. The maximum absolute atomic E-state index is 12.6. The standard InChI is InChI=1S/C16H22F3N3O3.C9H7BrF3NO.C7H16N2O2/c1-15(2,3)25-14(24)21-8-7-20-10-13(23)22-12-6-4-5-11(9-12)16(17,18)19;10-5-8(15)14-7-3-1-2-6(4-7)9(11,12)13;1-7(2,3)11-6(10)9-5-4-8/h4-6,9,20H,7-8,10H2,1-3H3,(H,21,24)(H,22,23);1-4H,5H2,(H,14,15);4-5,8H2,1-3H3,(H,9,10). The number of amides is 4. The third-order valence-electron chi connectivity index (χ3n) is 5.14. The van der Waals surface area contributed by atoms with Gasteiger partial charge in [-0.05, 0) is 77.9 Å². The van der Waals surface area contributed by atoms with E-state index in [2.05, 4.69) is 42.5 Å². The van der Waals surface area contributed by atoms with E-state index in [0.29, 0.717) is 19.6 Å². The van der Waals surface area contributed by atoms with Crippen LogP contribution in [-0.4, -0.2) is 73.3 Å². The molecule has 0 bridgehead atoms. The van der Waals surface area contributed by atoms with Crippen molar-refractivity contribution in [1.82, 2.24) is 16.0 Å². The molecule has 0 aliphatic heterocycles. The van der Waals surface area contributed by atoms with Gasteiger partial charge in [-0.2, -0.15) is 26.3 Å². The van der Waals surface area contributed by atoms with Gasteiger partial charge in [0.1, 0.15) is 11.2 Å². The zero-order valence-corrected chi connectivity index (χ0v) is 30.6. The van der Waals surface area contributed by atoms with Crippen LogP contribution in [0.4, 0.5) is 47.3 Å². The van der Waals surface area contributed by atoms with Crippen molar-refractivity contribution < 1.29 is 55.0 Å². The third-order valence-corrected chi connectivity index (χ3v) is 5.65. The van der Waals surface area contributed by atoms with Crippen molar-refractivity contribution in [3.8, 4) is 0 Å². The zero-order chi connectivity index (χ0) is 39.5. The number of halogens is 7. The van der Waals surface area contributed by atoms with Crippen molar-refractivity contribution in [3.05, 3.63) is 59.7 Å². The Kier molecular flexibility index (Phi) is 20.2. The highest BCUT2D eigenvalue weighted by molar-refractivity contribution is 9.09. The zero-order valence-electron chi connectivity index (χ0n) is 29.0. The molecule has 4 amide bonds. The fraction of sp³-hybridized carbons (Fsp3) is 0.500. The van der Waals surface area contributed by atoms with Crippen LogP contribution in [0.1, 0.15) is 52.7 Å². The molecule has 0 saturated heterocycles. The Labute approximate surface area is 301 Å². The molecular formula is C32H45BrF6N6O6. The van der Waals surface area contributed by atoms with Gasteiger partial charge in [0.15, 0.2) is 0 Å². The molecule has 2 aromatic carbocycles. The van der Waals surface area contributed by atoms with Gasteiger partial charge in [-0.1, -0.05) is 28.1 Å². The Bertz CT molecular complexity index is 1400. The third kappa shape index (κ3) is 24.7. The molecule has 0 unspecified atom stereocenters. The molecule has 0 atom stereocenters. The summed E-state index contributed by atoms with van der Waals surface area (Å²) in [6, 6.07) is 8.86. The van der Waals surface area contributed by atoms with Gasteiger partial charge in [0, 0.05) is 37.6 Å². The van der Waals surface area contributed by atoms with Crippen LogP contribution >= 0.6 is 15.9 Å². The highest BCUT2D eigenvalue weighted by Crippen LogP contribution is 2.31. The number of alkyl halides is 7. The first kappa shape index (κ1) is 46.9. The van der Waals surface area contributed by atoms with Crippen molar-refractivity contribution >= 4 is 51.3 Å². The maximum atomic E-state index is 12.6. The molecule has 0 radical (unpaired) electrons. The monoisotopic (exact) mass is 802 g/mol. The van der Waals surface area contributed by atoms with E-state index < -0.39 is 58.7 Å². The molecule has 0 saturated carbocycles. The minimum atomic E-state index is -4.47. The Balaban J connectivity index is 0.000000814. The average molecular weight is 804 g/mol. The number of nitrogens with two attached hydrogens (primary N) is 1. The molecule has 0 spiro atoms. The van der Waals surface area contributed by atoms with Gasteiger partial charge in [-0.3, -0.25) is 9.59 Å². The van der Waals surface area contributed by atoms with Gasteiger partial charge in [0.05, 0.1) is 23.0 Å². The van der Waals surface area contributed by atoms with Crippen molar-refractivity contribution in [3.63, 3.8) is 0 Å². The molecule has 288 valence electrons. The second-order valence-electron chi connectivity index (χ2n) is 12.2. The highest BCUT2D eigenvalue weighted by Gasteiger charge is 2.31. The summed E-state index contributed by atoms with van der Waals surface area (Å²) in [6.07, 6.45) is -9.84. The Morgan fingerprint density at radius 2 is 1.08 bits per heavy atom. The van der Waals surface area contributed by atoms with Gasteiger partial charge in [0.25, 0.3) is 0 Å². The van der Waals surface area contributed by atoms with E-state index in [0.717, 1.165) is 24.3 Å². The number of ether oxygens (including phenoxy) is 2. The lowest BCUT2D eigenvalue weighted by atomic mass is 10.2. The Morgan fingerprint density at radius 1 is 0.667 bits per heavy atom. The summed E-state index contributed by atoms with van der Waals surface area (Å²) in [5.41, 5.74) is 2.72. The lowest BCUT2D eigenvalue weighted by molar-refractivity contribution is -0.138. The summed E-state index contributed by atoms with van der Waals surface area (Å²) in [6.45, 7) is 12.0. The molecule has 0 aliphatic carbocycles. The smallest absolute Gasteiger partial charge is 0.416 e. The Hall–Kier alpha value is -4.10. The molecule has 0 heterocycles. The summed E-state index contributed by atoms with van der Waals surface area (Å²) in [7, 11) is 0. The van der Waals surface area contributed by atoms with Gasteiger partial charge in [0.2, 0.25) is 11.8 Å².